The zero-order valence-electron chi connectivity index (χ0n) is 26.4. The molecular formula is C42H29FN4S. The second kappa shape index (κ2) is 10.0. The molecule has 230 valence electrons. The summed E-state index contributed by atoms with van der Waals surface area (Å²) in [6, 6.07) is 39.6. The molecule has 4 nitrogen and oxygen atoms in total. The van der Waals surface area contributed by atoms with E-state index in [0.717, 1.165) is 54.9 Å². The summed E-state index contributed by atoms with van der Waals surface area (Å²) in [5.41, 5.74) is 7.59. The molecule has 5 heterocycles. The van der Waals surface area contributed by atoms with E-state index in [1.165, 1.54) is 20.9 Å². The number of imidazole rings is 1. The van der Waals surface area contributed by atoms with Crippen LogP contribution in [0.1, 0.15) is 42.3 Å². The van der Waals surface area contributed by atoms with Gasteiger partial charge in [0.1, 0.15) is 11.5 Å². The topological polar surface area (TPSA) is 35.1 Å². The summed E-state index contributed by atoms with van der Waals surface area (Å²) >= 11 is 1.83. The standard InChI is InChI=1S/C42H29FN4S/c1-42(2)32-10-4-6-12-37(32)48-38-23-30-29-17-15-26(22-35(29)47(36(30)24-33(38)42)39-13-7-8-18-44-39)40(43)25-14-16-27-28-9-3-5-11-34(28)46-20-19-45-41(46)31(27)21-25/h3-24,40H,1-2H3. The maximum atomic E-state index is 16.8. The smallest absolute Gasteiger partial charge is 0.150 e. The SMILES string of the molecule is CC1(C)c2ccccc2Sc2cc3c4ccc(C(F)c5ccc6c7ccccc7n7ccnc7c6c5)cc4n(-c4ccccn4)c3cc21. The maximum absolute atomic E-state index is 16.8. The summed E-state index contributed by atoms with van der Waals surface area (Å²) in [6.45, 7) is 4.61. The first-order valence-electron chi connectivity index (χ1n) is 16.2. The Kier molecular flexibility index (Phi) is 5.77. The Balaban J connectivity index is 1.18. The molecule has 0 radical (unpaired) electrons. The molecule has 0 saturated carbocycles. The Morgan fingerprint density at radius 2 is 1.35 bits per heavy atom. The number of benzene rings is 5. The van der Waals surface area contributed by atoms with Gasteiger partial charge in [-0.05, 0) is 76.2 Å². The number of aromatic nitrogens is 4. The van der Waals surface area contributed by atoms with E-state index in [4.69, 9.17) is 4.98 Å². The van der Waals surface area contributed by atoms with Gasteiger partial charge in [0, 0.05) is 55.3 Å². The molecule has 1 unspecified atom stereocenters. The van der Waals surface area contributed by atoms with Crippen LogP contribution < -0.4 is 0 Å². The van der Waals surface area contributed by atoms with Crippen LogP contribution >= 0.6 is 11.8 Å². The third kappa shape index (κ3) is 3.84. The Labute approximate surface area is 280 Å². The Morgan fingerprint density at radius 3 is 2.23 bits per heavy atom. The van der Waals surface area contributed by atoms with Gasteiger partial charge in [0.05, 0.1) is 16.6 Å². The summed E-state index contributed by atoms with van der Waals surface area (Å²) in [4.78, 5) is 12.0. The molecule has 0 aliphatic carbocycles. The second-order valence-corrected chi connectivity index (χ2v) is 14.3. The molecule has 1 aliphatic heterocycles. The molecule has 0 fully saturated rings. The third-order valence-corrected chi connectivity index (χ3v) is 11.3. The Hall–Kier alpha value is -5.46. The van der Waals surface area contributed by atoms with Gasteiger partial charge in [0.25, 0.3) is 0 Å². The number of rotatable bonds is 3. The van der Waals surface area contributed by atoms with E-state index in [1.54, 1.807) is 6.20 Å². The fourth-order valence-electron chi connectivity index (χ4n) is 7.80. The van der Waals surface area contributed by atoms with Crippen LogP contribution in [0.15, 0.2) is 144 Å². The number of hydrogen-bond acceptors (Lipinski definition) is 3. The summed E-state index contributed by atoms with van der Waals surface area (Å²) < 4.78 is 21.1. The van der Waals surface area contributed by atoms with E-state index in [-0.39, 0.29) is 5.41 Å². The van der Waals surface area contributed by atoms with E-state index in [2.05, 4.69) is 82.4 Å². The molecule has 0 N–H and O–H groups in total. The largest absolute Gasteiger partial charge is 0.299 e. The fourth-order valence-corrected chi connectivity index (χ4v) is 9.22. The van der Waals surface area contributed by atoms with Crippen molar-refractivity contribution in [1.29, 1.82) is 0 Å². The molecule has 5 aromatic carbocycles. The summed E-state index contributed by atoms with van der Waals surface area (Å²) in [5.74, 6) is 0.811. The van der Waals surface area contributed by atoms with Crippen molar-refractivity contribution in [3.63, 3.8) is 0 Å². The van der Waals surface area contributed by atoms with Crippen molar-refractivity contribution in [3.05, 3.63) is 156 Å². The first-order valence-corrected chi connectivity index (χ1v) is 17.0. The molecule has 1 aliphatic rings. The van der Waals surface area contributed by atoms with Crippen LogP contribution in [0.25, 0.3) is 54.9 Å². The predicted octanol–water partition coefficient (Wildman–Crippen LogP) is 11.0. The normalized spacial score (nSPS) is 14.6. The number of halogens is 1. The second-order valence-electron chi connectivity index (χ2n) is 13.2. The predicted molar refractivity (Wildman–Crippen MR) is 194 cm³/mol. The monoisotopic (exact) mass is 640 g/mol. The van der Waals surface area contributed by atoms with Gasteiger partial charge in [-0.15, -0.1) is 0 Å². The van der Waals surface area contributed by atoms with Crippen LogP contribution in [0, 0.1) is 0 Å². The molecule has 4 aromatic heterocycles. The number of hydrogen-bond donors (Lipinski definition) is 0. The Morgan fingerprint density at radius 1 is 0.604 bits per heavy atom. The lowest BCUT2D eigenvalue weighted by atomic mass is 9.77. The van der Waals surface area contributed by atoms with Crippen LogP contribution in [0.3, 0.4) is 0 Å². The maximum Gasteiger partial charge on any atom is 0.150 e. The first-order chi connectivity index (χ1) is 23.5. The molecule has 9 aromatic rings. The Bertz CT molecular complexity index is 2760. The highest BCUT2D eigenvalue weighted by atomic mass is 32.2. The highest BCUT2D eigenvalue weighted by Crippen LogP contribution is 2.51. The van der Waals surface area contributed by atoms with E-state index in [0.29, 0.717) is 11.1 Å². The molecular weight excluding hydrogens is 612 g/mol. The van der Waals surface area contributed by atoms with Gasteiger partial charge >= 0.3 is 0 Å². The van der Waals surface area contributed by atoms with E-state index in [9.17, 15) is 0 Å². The molecule has 0 spiro atoms. The van der Waals surface area contributed by atoms with Crippen LogP contribution in [0.5, 0.6) is 0 Å². The minimum Gasteiger partial charge on any atom is -0.299 e. The van der Waals surface area contributed by atoms with Gasteiger partial charge in [-0.1, -0.05) is 92.3 Å². The summed E-state index contributed by atoms with van der Waals surface area (Å²) in [5, 5.41) is 5.34. The third-order valence-electron chi connectivity index (χ3n) is 10.2. The molecule has 1 atom stereocenters. The van der Waals surface area contributed by atoms with Gasteiger partial charge in [0.2, 0.25) is 0 Å². The van der Waals surface area contributed by atoms with Gasteiger partial charge in [0.15, 0.2) is 6.17 Å². The van der Waals surface area contributed by atoms with Gasteiger partial charge in [-0.25, -0.2) is 14.4 Å². The average molecular weight is 641 g/mol. The van der Waals surface area contributed by atoms with E-state index in [1.807, 2.05) is 84.8 Å². The fraction of sp³-hybridized carbons (Fsp3) is 0.0952. The van der Waals surface area contributed by atoms with Gasteiger partial charge in [-0.3, -0.25) is 8.97 Å². The van der Waals surface area contributed by atoms with Crippen LogP contribution in [-0.4, -0.2) is 18.9 Å². The molecule has 6 heteroatoms. The lowest BCUT2D eigenvalue weighted by Gasteiger charge is -2.34. The van der Waals surface area contributed by atoms with Crippen molar-refractivity contribution in [3.8, 4) is 5.82 Å². The number of para-hydroxylation sites is 1. The molecule has 0 amide bonds. The van der Waals surface area contributed by atoms with Gasteiger partial charge < -0.3 is 0 Å². The van der Waals surface area contributed by atoms with Crippen LogP contribution in [-0.2, 0) is 5.41 Å². The van der Waals surface area contributed by atoms with E-state index >= 15 is 4.39 Å². The van der Waals surface area contributed by atoms with Crippen molar-refractivity contribution >= 4 is 60.9 Å². The summed E-state index contributed by atoms with van der Waals surface area (Å²) in [6.07, 6.45) is 4.27. The average Bonchev–Trinajstić information content (AvgIpc) is 3.74. The van der Waals surface area contributed by atoms with Crippen molar-refractivity contribution in [2.24, 2.45) is 0 Å². The first kappa shape index (κ1) is 27.6. The van der Waals surface area contributed by atoms with Crippen LogP contribution in [0.2, 0.25) is 0 Å². The zero-order chi connectivity index (χ0) is 32.1. The quantitative estimate of drug-likeness (QED) is 0.180. The molecule has 0 saturated heterocycles. The number of nitrogens with zero attached hydrogens (tertiary/aromatic N) is 4. The lowest BCUT2D eigenvalue weighted by molar-refractivity contribution is 0.402. The lowest BCUT2D eigenvalue weighted by Crippen LogP contribution is -2.23. The van der Waals surface area contributed by atoms with Gasteiger partial charge in [-0.2, -0.15) is 0 Å². The molecule has 0 bridgehead atoms. The van der Waals surface area contributed by atoms with Crippen molar-refractivity contribution in [1.82, 2.24) is 18.9 Å². The van der Waals surface area contributed by atoms with Crippen molar-refractivity contribution in [2.45, 2.75) is 35.2 Å². The zero-order valence-corrected chi connectivity index (χ0v) is 27.2. The molecule has 48 heavy (non-hydrogen) atoms. The van der Waals surface area contributed by atoms with Crippen molar-refractivity contribution < 1.29 is 4.39 Å². The minimum absolute atomic E-state index is 0.173. The minimum atomic E-state index is -1.33. The van der Waals surface area contributed by atoms with Crippen molar-refractivity contribution in [2.75, 3.05) is 0 Å². The highest BCUT2D eigenvalue weighted by Gasteiger charge is 2.34. The summed E-state index contributed by atoms with van der Waals surface area (Å²) in [7, 11) is 0. The number of fused-ring (bicyclic) bond motifs is 11. The number of alkyl halides is 1. The van der Waals surface area contributed by atoms with E-state index < -0.39 is 6.17 Å². The number of pyridine rings is 2. The molecule has 10 rings (SSSR count). The highest BCUT2D eigenvalue weighted by molar-refractivity contribution is 7.99. The van der Waals surface area contributed by atoms with Crippen LogP contribution in [0.4, 0.5) is 4.39 Å².